The molecule has 0 saturated heterocycles. The van der Waals surface area contributed by atoms with E-state index in [4.69, 9.17) is 5.73 Å². The van der Waals surface area contributed by atoms with Crippen LogP contribution in [0, 0.1) is 17.8 Å². The van der Waals surface area contributed by atoms with Gasteiger partial charge in [-0.25, -0.2) is 0 Å². The molecule has 3 atom stereocenters. The number of nitrogens with two attached hydrogens (primary N) is 1. The first-order valence-electron chi connectivity index (χ1n) is 7.53. The van der Waals surface area contributed by atoms with Crippen LogP contribution in [0.15, 0.2) is 22.8 Å². The average molecular weight is 249 g/mol. The molecule has 2 N–H and O–H groups in total. The molecular weight excluding hydrogens is 218 g/mol. The molecule has 1 aliphatic rings. The lowest BCUT2D eigenvalue weighted by atomic mass is 9.74. The van der Waals surface area contributed by atoms with E-state index in [0.717, 1.165) is 12.3 Å². The third-order valence-electron chi connectivity index (χ3n) is 4.37. The van der Waals surface area contributed by atoms with Crippen LogP contribution in [0.1, 0.15) is 60.8 Å². The highest BCUT2D eigenvalue weighted by molar-refractivity contribution is 5.39. The van der Waals surface area contributed by atoms with Crippen LogP contribution in [0.5, 0.6) is 0 Å². The number of hydrogen-bond acceptors (Lipinski definition) is 1. The van der Waals surface area contributed by atoms with Gasteiger partial charge in [-0.2, -0.15) is 0 Å². The second kappa shape index (κ2) is 6.56. The van der Waals surface area contributed by atoms with E-state index in [1.54, 1.807) is 11.1 Å². The first-order chi connectivity index (χ1) is 8.36. The van der Waals surface area contributed by atoms with Gasteiger partial charge in [0.05, 0.1) is 0 Å². The summed E-state index contributed by atoms with van der Waals surface area (Å²) in [6.45, 7) is 13.7. The molecule has 0 amide bonds. The molecule has 0 heterocycles. The lowest BCUT2D eigenvalue weighted by Gasteiger charge is -2.31. The molecule has 0 saturated carbocycles. The Morgan fingerprint density at radius 1 is 1.28 bits per heavy atom. The summed E-state index contributed by atoms with van der Waals surface area (Å²) in [7, 11) is 0. The van der Waals surface area contributed by atoms with Crippen molar-refractivity contribution in [1.82, 2.24) is 0 Å². The van der Waals surface area contributed by atoms with Gasteiger partial charge >= 0.3 is 0 Å². The molecule has 3 unspecified atom stereocenters. The van der Waals surface area contributed by atoms with Crippen molar-refractivity contribution in [3.8, 4) is 0 Å². The van der Waals surface area contributed by atoms with Crippen LogP contribution in [-0.4, -0.2) is 6.04 Å². The quantitative estimate of drug-likeness (QED) is 0.751. The number of hydrogen-bond donors (Lipinski definition) is 1. The SMILES string of the molecule is CCC(C)C1=C(CC(C)N)C(C)=CC(C(C)C)C1. The van der Waals surface area contributed by atoms with Gasteiger partial charge in [-0.05, 0) is 56.4 Å². The minimum Gasteiger partial charge on any atom is -0.328 e. The monoisotopic (exact) mass is 249 g/mol. The second-order valence-corrected chi connectivity index (χ2v) is 6.46. The van der Waals surface area contributed by atoms with Gasteiger partial charge in [0.15, 0.2) is 0 Å². The summed E-state index contributed by atoms with van der Waals surface area (Å²) in [6.07, 6.45) is 5.99. The predicted octanol–water partition coefficient (Wildman–Crippen LogP) is 4.69. The van der Waals surface area contributed by atoms with Crippen molar-refractivity contribution in [2.24, 2.45) is 23.5 Å². The molecule has 18 heavy (non-hydrogen) atoms. The van der Waals surface area contributed by atoms with Crippen molar-refractivity contribution in [2.75, 3.05) is 0 Å². The summed E-state index contributed by atoms with van der Waals surface area (Å²) in [4.78, 5) is 0. The largest absolute Gasteiger partial charge is 0.328 e. The van der Waals surface area contributed by atoms with Crippen LogP contribution in [0.25, 0.3) is 0 Å². The van der Waals surface area contributed by atoms with Crippen molar-refractivity contribution >= 4 is 0 Å². The Bertz CT molecular complexity index is 334. The minimum absolute atomic E-state index is 0.262. The topological polar surface area (TPSA) is 26.0 Å². The summed E-state index contributed by atoms with van der Waals surface area (Å²) in [5, 5.41) is 0. The van der Waals surface area contributed by atoms with Gasteiger partial charge in [0.25, 0.3) is 0 Å². The van der Waals surface area contributed by atoms with Gasteiger partial charge in [-0.1, -0.05) is 44.9 Å². The first kappa shape index (κ1) is 15.5. The van der Waals surface area contributed by atoms with Crippen LogP contribution in [0.4, 0.5) is 0 Å². The summed E-state index contributed by atoms with van der Waals surface area (Å²) >= 11 is 0. The van der Waals surface area contributed by atoms with Crippen LogP contribution in [0.3, 0.4) is 0 Å². The van der Waals surface area contributed by atoms with Gasteiger partial charge in [0.1, 0.15) is 0 Å². The third-order valence-corrected chi connectivity index (χ3v) is 4.37. The normalized spacial score (nSPS) is 24.2. The van der Waals surface area contributed by atoms with E-state index in [0.29, 0.717) is 11.8 Å². The molecule has 0 aromatic rings. The molecule has 0 aliphatic heterocycles. The van der Waals surface area contributed by atoms with Gasteiger partial charge < -0.3 is 5.73 Å². The highest BCUT2D eigenvalue weighted by Gasteiger charge is 2.24. The van der Waals surface area contributed by atoms with Gasteiger partial charge in [0, 0.05) is 6.04 Å². The fourth-order valence-corrected chi connectivity index (χ4v) is 2.90. The van der Waals surface area contributed by atoms with Crippen LogP contribution in [0.2, 0.25) is 0 Å². The van der Waals surface area contributed by atoms with E-state index in [1.165, 1.54) is 18.4 Å². The maximum atomic E-state index is 6.02. The zero-order valence-electron chi connectivity index (χ0n) is 13.1. The van der Waals surface area contributed by atoms with E-state index in [2.05, 4.69) is 47.6 Å². The fourth-order valence-electron chi connectivity index (χ4n) is 2.90. The van der Waals surface area contributed by atoms with Crippen LogP contribution < -0.4 is 5.73 Å². The number of allylic oxidation sites excluding steroid dienone is 3. The minimum atomic E-state index is 0.262. The van der Waals surface area contributed by atoms with E-state index in [-0.39, 0.29) is 6.04 Å². The van der Waals surface area contributed by atoms with Gasteiger partial charge in [0.2, 0.25) is 0 Å². The molecule has 1 heteroatoms. The van der Waals surface area contributed by atoms with E-state index < -0.39 is 0 Å². The van der Waals surface area contributed by atoms with Crippen molar-refractivity contribution < 1.29 is 0 Å². The maximum Gasteiger partial charge on any atom is 0.00509 e. The molecule has 1 rings (SSSR count). The Hall–Kier alpha value is -0.560. The van der Waals surface area contributed by atoms with E-state index in [9.17, 15) is 0 Å². The summed E-state index contributed by atoms with van der Waals surface area (Å²) in [5.41, 5.74) is 10.7. The summed E-state index contributed by atoms with van der Waals surface area (Å²) in [5.74, 6) is 2.14. The molecule has 104 valence electrons. The van der Waals surface area contributed by atoms with Crippen LogP contribution in [-0.2, 0) is 0 Å². The first-order valence-corrected chi connectivity index (χ1v) is 7.53. The summed E-state index contributed by atoms with van der Waals surface area (Å²) in [6, 6.07) is 0.262. The van der Waals surface area contributed by atoms with Crippen molar-refractivity contribution in [3.63, 3.8) is 0 Å². The molecule has 0 bridgehead atoms. The van der Waals surface area contributed by atoms with E-state index in [1.807, 2.05) is 0 Å². The van der Waals surface area contributed by atoms with Crippen LogP contribution >= 0.6 is 0 Å². The smallest absolute Gasteiger partial charge is 0.00509 e. The third kappa shape index (κ3) is 3.71. The lowest BCUT2D eigenvalue weighted by molar-refractivity contribution is 0.428. The molecule has 0 spiro atoms. The van der Waals surface area contributed by atoms with Crippen molar-refractivity contribution in [1.29, 1.82) is 0 Å². The van der Waals surface area contributed by atoms with Gasteiger partial charge in [-0.3, -0.25) is 0 Å². The Kier molecular flexibility index (Phi) is 5.65. The Balaban J connectivity index is 3.07. The summed E-state index contributed by atoms with van der Waals surface area (Å²) < 4.78 is 0. The predicted molar refractivity (Wildman–Crippen MR) is 81.4 cm³/mol. The number of rotatable bonds is 5. The van der Waals surface area contributed by atoms with E-state index >= 15 is 0 Å². The molecule has 0 aromatic carbocycles. The highest BCUT2D eigenvalue weighted by Crippen LogP contribution is 2.38. The standard InChI is InChI=1S/C17H31N/c1-7-12(4)17-10-15(11(2)3)8-13(5)16(17)9-14(6)18/h8,11-12,14-15H,7,9-10,18H2,1-6H3. The maximum absolute atomic E-state index is 6.02. The molecule has 1 aliphatic carbocycles. The Morgan fingerprint density at radius 2 is 1.89 bits per heavy atom. The average Bonchev–Trinajstić information content (AvgIpc) is 2.29. The fraction of sp³-hybridized carbons (Fsp3) is 0.765. The lowest BCUT2D eigenvalue weighted by Crippen LogP contribution is -2.22. The second-order valence-electron chi connectivity index (χ2n) is 6.46. The zero-order valence-corrected chi connectivity index (χ0v) is 13.1. The molecule has 0 aromatic heterocycles. The molecule has 0 radical (unpaired) electrons. The molecular formula is C17H31N. The van der Waals surface area contributed by atoms with Gasteiger partial charge in [-0.15, -0.1) is 0 Å². The van der Waals surface area contributed by atoms with Crippen molar-refractivity contribution in [3.05, 3.63) is 22.8 Å². The Morgan fingerprint density at radius 3 is 2.33 bits per heavy atom. The molecule has 1 nitrogen and oxygen atoms in total. The zero-order chi connectivity index (χ0) is 13.9. The Labute approximate surface area is 114 Å². The molecule has 0 fully saturated rings. The highest BCUT2D eigenvalue weighted by atomic mass is 14.6. The van der Waals surface area contributed by atoms with Crippen molar-refractivity contribution in [2.45, 2.75) is 66.8 Å².